The van der Waals surface area contributed by atoms with Crippen LogP contribution in [0.15, 0.2) is 30.3 Å². The Morgan fingerprint density at radius 3 is 2.29 bits per heavy atom. The number of methoxy groups -OCH3 is 3. The summed E-state index contributed by atoms with van der Waals surface area (Å²) in [5, 5.41) is 1.02. The van der Waals surface area contributed by atoms with E-state index in [1.807, 2.05) is 26.2 Å². The Bertz CT molecular complexity index is 1030. The third kappa shape index (κ3) is 5.03. The first-order chi connectivity index (χ1) is 14.9. The summed E-state index contributed by atoms with van der Waals surface area (Å²) in [5.74, 6) is 1.54. The highest BCUT2D eigenvalue weighted by Gasteiger charge is 2.26. The minimum atomic E-state index is -0.227. The minimum absolute atomic E-state index is 0.227. The quantitative estimate of drug-likeness (QED) is 0.463. The minimum Gasteiger partial charge on any atom is -0.496 e. The number of fused-ring (bicyclic) bond motifs is 1. The number of hydrogen-bond donors (Lipinski definition) is 0. The van der Waals surface area contributed by atoms with Crippen molar-refractivity contribution in [2.45, 2.75) is 6.42 Å². The summed E-state index contributed by atoms with van der Waals surface area (Å²) in [6, 6.07) is 8.65. The van der Waals surface area contributed by atoms with E-state index in [-0.39, 0.29) is 5.91 Å². The van der Waals surface area contributed by atoms with Crippen molar-refractivity contribution in [3.8, 4) is 17.2 Å². The van der Waals surface area contributed by atoms with Crippen LogP contribution in [0.1, 0.15) is 16.8 Å². The summed E-state index contributed by atoms with van der Waals surface area (Å²) in [7, 11) is 8.73. The highest BCUT2D eigenvalue weighted by Crippen LogP contribution is 2.40. The van der Waals surface area contributed by atoms with Crippen LogP contribution in [-0.4, -0.2) is 64.3 Å². The summed E-state index contributed by atoms with van der Waals surface area (Å²) in [6.07, 6.45) is 0.770. The van der Waals surface area contributed by atoms with E-state index in [1.54, 1.807) is 37.3 Å². The molecule has 166 valence electrons. The first-order valence-electron chi connectivity index (χ1n) is 9.71. The van der Waals surface area contributed by atoms with Gasteiger partial charge in [0.1, 0.15) is 27.5 Å². The molecule has 0 unspecified atom stereocenters. The average Bonchev–Trinajstić information content (AvgIpc) is 3.20. The molecule has 3 aromatic rings. The van der Waals surface area contributed by atoms with Gasteiger partial charge in [0.25, 0.3) is 5.91 Å². The molecule has 0 fully saturated rings. The van der Waals surface area contributed by atoms with Gasteiger partial charge in [-0.3, -0.25) is 9.69 Å². The molecule has 0 radical (unpaired) electrons. The fraction of sp³-hybridized carbons (Fsp3) is 0.364. The zero-order valence-electron chi connectivity index (χ0n) is 18.3. The summed E-state index contributed by atoms with van der Waals surface area (Å²) in [6.45, 7) is 1.31. The van der Waals surface area contributed by atoms with Crippen molar-refractivity contribution in [1.29, 1.82) is 0 Å². The predicted octanol–water partition coefficient (Wildman–Crippen LogP) is 4.57. The summed E-state index contributed by atoms with van der Waals surface area (Å²) in [5.41, 5.74) is 1.04. The maximum atomic E-state index is 13.6. The molecule has 0 saturated heterocycles. The number of ether oxygens (including phenoxy) is 3. The number of aromatic nitrogens is 1. The summed E-state index contributed by atoms with van der Waals surface area (Å²) < 4.78 is 17.2. The number of benzene rings is 2. The molecule has 9 heteroatoms. The summed E-state index contributed by atoms with van der Waals surface area (Å²) >= 11 is 7.57. The van der Waals surface area contributed by atoms with E-state index in [2.05, 4.69) is 4.90 Å². The number of rotatable bonds is 9. The van der Waals surface area contributed by atoms with Crippen molar-refractivity contribution in [2.75, 3.05) is 53.4 Å². The smallest absolute Gasteiger partial charge is 0.263 e. The van der Waals surface area contributed by atoms with Crippen LogP contribution >= 0.6 is 22.9 Å². The monoisotopic (exact) mass is 463 g/mol. The first kappa shape index (κ1) is 23.1. The molecule has 7 nitrogen and oxygen atoms in total. The van der Waals surface area contributed by atoms with Crippen molar-refractivity contribution >= 4 is 44.2 Å². The van der Waals surface area contributed by atoms with E-state index >= 15 is 0 Å². The van der Waals surface area contributed by atoms with Crippen LogP contribution in [0.2, 0.25) is 5.02 Å². The Morgan fingerprint density at radius 1 is 1.00 bits per heavy atom. The van der Waals surface area contributed by atoms with Crippen molar-refractivity contribution in [1.82, 2.24) is 9.88 Å². The molecule has 1 heterocycles. The van der Waals surface area contributed by atoms with E-state index in [0.29, 0.717) is 45.0 Å². The first-order valence-corrected chi connectivity index (χ1v) is 10.9. The Hall–Kier alpha value is -2.55. The molecule has 0 atom stereocenters. The lowest BCUT2D eigenvalue weighted by molar-refractivity contribution is 0.0983. The molecule has 0 saturated carbocycles. The fourth-order valence-electron chi connectivity index (χ4n) is 3.21. The lowest BCUT2D eigenvalue weighted by Crippen LogP contribution is -2.33. The highest BCUT2D eigenvalue weighted by atomic mass is 35.5. The van der Waals surface area contributed by atoms with Gasteiger partial charge in [-0.05, 0) is 57.4 Å². The molecule has 0 N–H and O–H groups in total. The molecule has 0 aliphatic carbocycles. The van der Waals surface area contributed by atoms with Crippen LogP contribution in [0.5, 0.6) is 17.2 Å². The van der Waals surface area contributed by atoms with E-state index in [9.17, 15) is 4.79 Å². The van der Waals surface area contributed by atoms with Gasteiger partial charge in [-0.25, -0.2) is 4.98 Å². The molecule has 0 aliphatic rings. The molecule has 1 aromatic heterocycles. The number of halogens is 1. The second-order valence-electron chi connectivity index (χ2n) is 7.10. The number of anilines is 1. The van der Waals surface area contributed by atoms with Gasteiger partial charge in [0.05, 0.1) is 26.9 Å². The second-order valence-corrected chi connectivity index (χ2v) is 8.52. The van der Waals surface area contributed by atoms with Crippen LogP contribution in [0.3, 0.4) is 0 Å². The van der Waals surface area contributed by atoms with Crippen LogP contribution in [0.4, 0.5) is 5.13 Å². The van der Waals surface area contributed by atoms with Gasteiger partial charge in [-0.15, -0.1) is 0 Å². The van der Waals surface area contributed by atoms with E-state index in [4.69, 9.17) is 30.8 Å². The Kier molecular flexibility index (Phi) is 7.59. The van der Waals surface area contributed by atoms with E-state index in [0.717, 1.165) is 17.7 Å². The van der Waals surface area contributed by atoms with Crippen LogP contribution in [-0.2, 0) is 0 Å². The highest BCUT2D eigenvalue weighted by molar-refractivity contribution is 7.22. The molecular formula is C22H26ClN3O4S. The van der Waals surface area contributed by atoms with Crippen molar-refractivity contribution < 1.29 is 19.0 Å². The van der Waals surface area contributed by atoms with Gasteiger partial charge < -0.3 is 19.1 Å². The van der Waals surface area contributed by atoms with E-state index < -0.39 is 0 Å². The lowest BCUT2D eigenvalue weighted by atomic mass is 10.1. The largest absolute Gasteiger partial charge is 0.496 e. The molecule has 0 bridgehead atoms. The molecule has 0 spiro atoms. The van der Waals surface area contributed by atoms with Gasteiger partial charge in [0, 0.05) is 11.6 Å². The zero-order valence-corrected chi connectivity index (χ0v) is 19.8. The van der Waals surface area contributed by atoms with Crippen molar-refractivity contribution in [3.63, 3.8) is 0 Å². The molecule has 3 rings (SSSR count). The predicted molar refractivity (Wildman–Crippen MR) is 126 cm³/mol. The third-order valence-electron chi connectivity index (χ3n) is 4.75. The normalized spacial score (nSPS) is 11.1. The Morgan fingerprint density at radius 2 is 1.65 bits per heavy atom. The van der Waals surface area contributed by atoms with Crippen LogP contribution in [0, 0.1) is 0 Å². The Labute approximate surface area is 191 Å². The van der Waals surface area contributed by atoms with Crippen molar-refractivity contribution in [3.05, 3.63) is 40.9 Å². The van der Waals surface area contributed by atoms with Gasteiger partial charge in [-0.1, -0.05) is 22.9 Å². The number of thiazole rings is 1. The summed E-state index contributed by atoms with van der Waals surface area (Å²) in [4.78, 5) is 22.1. The van der Waals surface area contributed by atoms with Gasteiger partial charge >= 0.3 is 0 Å². The molecular weight excluding hydrogens is 438 g/mol. The number of nitrogens with zero attached hydrogens (tertiary/aromatic N) is 3. The molecule has 2 aromatic carbocycles. The van der Waals surface area contributed by atoms with Crippen LogP contribution in [0.25, 0.3) is 10.2 Å². The lowest BCUT2D eigenvalue weighted by Gasteiger charge is -2.22. The zero-order chi connectivity index (χ0) is 22.5. The molecule has 31 heavy (non-hydrogen) atoms. The Balaban J connectivity index is 2.09. The standard InChI is InChI=1S/C22H26ClN3O4S/c1-25(2)11-6-12-26(21(27)15-13-14(23)7-8-16(15)28-3)22-24-19-17(29-4)9-10-18(30-5)20(19)31-22/h7-10,13H,6,11-12H2,1-5H3. The third-order valence-corrected chi connectivity index (χ3v) is 6.08. The van der Waals surface area contributed by atoms with Gasteiger partial charge in [-0.2, -0.15) is 0 Å². The van der Waals surface area contributed by atoms with Crippen molar-refractivity contribution in [2.24, 2.45) is 0 Å². The van der Waals surface area contributed by atoms with Crippen LogP contribution < -0.4 is 19.1 Å². The maximum Gasteiger partial charge on any atom is 0.263 e. The molecule has 1 amide bonds. The van der Waals surface area contributed by atoms with E-state index in [1.165, 1.54) is 18.4 Å². The SMILES string of the molecule is COc1ccc(Cl)cc1C(=O)N(CCCN(C)C)c1nc2c(OC)ccc(OC)c2s1. The number of carbonyl (C=O) groups is 1. The average molecular weight is 464 g/mol. The maximum absolute atomic E-state index is 13.6. The fourth-order valence-corrected chi connectivity index (χ4v) is 4.48. The molecule has 0 aliphatic heterocycles. The number of amides is 1. The van der Waals surface area contributed by atoms with Gasteiger partial charge in [0.15, 0.2) is 5.13 Å². The second kappa shape index (κ2) is 10.2. The number of carbonyl (C=O) groups excluding carboxylic acids is 1. The van der Waals surface area contributed by atoms with Gasteiger partial charge in [0.2, 0.25) is 0 Å². The topological polar surface area (TPSA) is 64.1 Å². The number of hydrogen-bond acceptors (Lipinski definition) is 7.